The van der Waals surface area contributed by atoms with Crippen LogP contribution in [0.4, 0.5) is 4.79 Å². The largest absolute Gasteiger partial charge is 0.497 e. The van der Waals surface area contributed by atoms with Crippen LogP contribution < -0.4 is 15.8 Å². The van der Waals surface area contributed by atoms with Crippen LogP contribution in [0.25, 0.3) is 0 Å². The van der Waals surface area contributed by atoms with Gasteiger partial charge in [0, 0.05) is 44.7 Å². The lowest BCUT2D eigenvalue weighted by Gasteiger charge is -2.34. The highest BCUT2D eigenvalue weighted by Crippen LogP contribution is 2.14. The first kappa shape index (κ1) is 23.1. The number of nitrogens with one attached hydrogen (secondary N) is 1. The van der Waals surface area contributed by atoms with E-state index in [0.29, 0.717) is 57.5 Å². The van der Waals surface area contributed by atoms with Crippen molar-refractivity contribution in [1.82, 2.24) is 15.1 Å². The molecule has 1 aliphatic heterocycles. The zero-order valence-corrected chi connectivity index (χ0v) is 18.4. The number of carbonyl (C=O) groups excluding carboxylic acids is 3. The van der Waals surface area contributed by atoms with Crippen molar-refractivity contribution in [2.24, 2.45) is 5.73 Å². The second kappa shape index (κ2) is 11.2. The molecule has 2 aromatic carbocycles. The summed E-state index contributed by atoms with van der Waals surface area (Å²) < 4.78 is 5.15. The molecule has 0 aromatic heterocycles. The van der Waals surface area contributed by atoms with Gasteiger partial charge in [-0.2, -0.15) is 0 Å². The fourth-order valence-corrected chi connectivity index (χ4v) is 3.67. The lowest BCUT2D eigenvalue weighted by molar-refractivity contribution is -0.132. The summed E-state index contributed by atoms with van der Waals surface area (Å²) >= 11 is 0. The van der Waals surface area contributed by atoms with Gasteiger partial charge in [0.05, 0.1) is 7.11 Å². The number of hydrogen-bond donors (Lipinski definition) is 2. The quantitative estimate of drug-likeness (QED) is 0.656. The first-order chi connectivity index (χ1) is 15.5. The van der Waals surface area contributed by atoms with Crippen LogP contribution in [0.5, 0.6) is 5.75 Å². The average molecular weight is 439 g/mol. The Hall–Kier alpha value is -3.55. The number of carbonyl (C=O) groups is 3. The van der Waals surface area contributed by atoms with Gasteiger partial charge in [0.15, 0.2) is 0 Å². The maximum atomic E-state index is 12.5. The van der Waals surface area contributed by atoms with Gasteiger partial charge < -0.3 is 25.6 Å². The molecule has 8 nitrogen and oxygen atoms in total. The Balaban J connectivity index is 1.36. The van der Waals surface area contributed by atoms with Gasteiger partial charge in [0.2, 0.25) is 11.8 Å². The number of primary amides is 1. The van der Waals surface area contributed by atoms with Gasteiger partial charge >= 0.3 is 6.03 Å². The fraction of sp³-hybridized carbons (Fsp3) is 0.375. The summed E-state index contributed by atoms with van der Waals surface area (Å²) in [5.41, 5.74) is 7.80. The average Bonchev–Trinajstić information content (AvgIpc) is 2.83. The third-order valence-electron chi connectivity index (χ3n) is 5.61. The van der Waals surface area contributed by atoms with Crippen molar-refractivity contribution in [3.63, 3.8) is 0 Å². The highest BCUT2D eigenvalue weighted by molar-refractivity contribution is 5.92. The van der Waals surface area contributed by atoms with Crippen molar-refractivity contribution in [2.75, 3.05) is 39.8 Å². The van der Waals surface area contributed by atoms with Gasteiger partial charge in [0.25, 0.3) is 0 Å². The molecule has 1 saturated heterocycles. The Morgan fingerprint density at radius 2 is 1.62 bits per heavy atom. The maximum absolute atomic E-state index is 12.5. The summed E-state index contributed by atoms with van der Waals surface area (Å²) in [4.78, 5) is 39.8. The van der Waals surface area contributed by atoms with E-state index < -0.39 is 5.91 Å². The third kappa shape index (κ3) is 6.47. The second-order valence-corrected chi connectivity index (χ2v) is 7.76. The molecule has 3 N–H and O–H groups in total. The van der Waals surface area contributed by atoms with Crippen molar-refractivity contribution in [3.8, 4) is 5.75 Å². The van der Waals surface area contributed by atoms with Crippen LogP contribution in [0.1, 0.15) is 27.9 Å². The molecule has 0 aliphatic carbocycles. The van der Waals surface area contributed by atoms with E-state index in [1.54, 1.807) is 30.2 Å². The zero-order chi connectivity index (χ0) is 22.9. The zero-order valence-electron chi connectivity index (χ0n) is 18.4. The Morgan fingerprint density at radius 3 is 2.28 bits per heavy atom. The van der Waals surface area contributed by atoms with Crippen molar-refractivity contribution in [1.29, 1.82) is 0 Å². The summed E-state index contributed by atoms with van der Waals surface area (Å²) in [5.74, 6) is 0.441. The molecule has 0 radical (unpaired) electrons. The molecule has 3 rings (SSSR count). The molecule has 0 bridgehead atoms. The Labute approximate surface area is 188 Å². The van der Waals surface area contributed by atoms with Crippen molar-refractivity contribution in [3.05, 3.63) is 65.2 Å². The monoisotopic (exact) mass is 438 g/mol. The molecular weight excluding hydrogens is 408 g/mol. The number of rotatable bonds is 8. The van der Waals surface area contributed by atoms with E-state index in [0.717, 1.165) is 16.9 Å². The molecule has 0 saturated carbocycles. The van der Waals surface area contributed by atoms with E-state index in [-0.39, 0.29) is 11.9 Å². The van der Waals surface area contributed by atoms with Crippen molar-refractivity contribution in [2.45, 2.75) is 19.3 Å². The lowest BCUT2D eigenvalue weighted by atomic mass is 10.1. The Kier molecular flexibility index (Phi) is 8.08. The number of ether oxygens (including phenoxy) is 1. The molecular formula is C24H30N4O4. The summed E-state index contributed by atoms with van der Waals surface area (Å²) in [6, 6.07) is 14.7. The lowest BCUT2D eigenvalue weighted by Crippen LogP contribution is -2.53. The van der Waals surface area contributed by atoms with E-state index >= 15 is 0 Å². The summed E-state index contributed by atoms with van der Waals surface area (Å²) in [7, 11) is 1.63. The SMILES string of the molecule is COc1ccc(CCC(=O)N2CCN(C(=O)NCCc3cccc(C(N)=O)c3)CC2)cc1. The summed E-state index contributed by atoms with van der Waals surface area (Å²) in [5, 5.41) is 2.91. The minimum atomic E-state index is -0.465. The molecule has 1 heterocycles. The molecule has 0 unspecified atom stereocenters. The molecule has 1 fully saturated rings. The Morgan fingerprint density at radius 1 is 0.938 bits per heavy atom. The number of nitrogens with two attached hydrogens (primary N) is 1. The molecule has 2 aromatic rings. The molecule has 32 heavy (non-hydrogen) atoms. The van der Waals surface area contributed by atoms with Gasteiger partial charge in [-0.15, -0.1) is 0 Å². The smallest absolute Gasteiger partial charge is 0.317 e. The van der Waals surface area contributed by atoms with E-state index in [1.165, 1.54) is 0 Å². The highest BCUT2D eigenvalue weighted by atomic mass is 16.5. The van der Waals surface area contributed by atoms with Gasteiger partial charge in [-0.05, 0) is 48.2 Å². The second-order valence-electron chi connectivity index (χ2n) is 7.76. The van der Waals surface area contributed by atoms with Crippen LogP contribution in [-0.2, 0) is 17.6 Å². The molecule has 170 valence electrons. The molecule has 1 aliphatic rings. The third-order valence-corrected chi connectivity index (χ3v) is 5.61. The van der Waals surface area contributed by atoms with E-state index in [2.05, 4.69) is 5.32 Å². The maximum Gasteiger partial charge on any atom is 0.317 e. The number of aryl methyl sites for hydroxylation is 1. The number of piperazine rings is 1. The molecule has 8 heteroatoms. The van der Waals surface area contributed by atoms with Crippen LogP contribution in [0.15, 0.2) is 48.5 Å². The molecule has 0 atom stereocenters. The van der Waals surface area contributed by atoms with Crippen LogP contribution >= 0.6 is 0 Å². The standard InChI is InChI=1S/C24H30N4O4/c1-32-21-8-5-18(6-9-21)7-10-22(29)27-13-15-28(16-14-27)24(31)26-12-11-19-3-2-4-20(17-19)23(25)30/h2-6,8-9,17H,7,10-16H2,1H3,(H2,25,30)(H,26,31). The van der Waals surface area contributed by atoms with Crippen LogP contribution in [-0.4, -0.2) is 67.5 Å². The number of benzene rings is 2. The first-order valence-electron chi connectivity index (χ1n) is 10.8. The predicted octanol–water partition coefficient (Wildman–Crippen LogP) is 1.82. The minimum Gasteiger partial charge on any atom is -0.497 e. The molecule has 4 amide bonds. The van der Waals surface area contributed by atoms with Gasteiger partial charge in [-0.1, -0.05) is 24.3 Å². The predicted molar refractivity (Wildman–Crippen MR) is 122 cm³/mol. The number of amides is 4. The topological polar surface area (TPSA) is 105 Å². The number of methoxy groups -OCH3 is 1. The van der Waals surface area contributed by atoms with E-state index in [1.807, 2.05) is 35.2 Å². The number of urea groups is 1. The van der Waals surface area contributed by atoms with Gasteiger partial charge in [0.1, 0.15) is 5.75 Å². The minimum absolute atomic E-state index is 0.107. The van der Waals surface area contributed by atoms with E-state index in [4.69, 9.17) is 10.5 Å². The fourth-order valence-electron chi connectivity index (χ4n) is 3.67. The highest BCUT2D eigenvalue weighted by Gasteiger charge is 2.23. The summed E-state index contributed by atoms with van der Waals surface area (Å²) in [6.45, 7) is 2.56. The van der Waals surface area contributed by atoms with Crippen LogP contribution in [0, 0.1) is 0 Å². The van der Waals surface area contributed by atoms with Crippen LogP contribution in [0.3, 0.4) is 0 Å². The normalized spacial score (nSPS) is 13.5. The van der Waals surface area contributed by atoms with Crippen LogP contribution in [0.2, 0.25) is 0 Å². The first-order valence-corrected chi connectivity index (χ1v) is 10.8. The van der Waals surface area contributed by atoms with E-state index in [9.17, 15) is 14.4 Å². The number of hydrogen-bond acceptors (Lipinski definition) is 4. The van der Waals surface area contributed by atoms with Gasteiger partial charge in [-0.3, -0.25) is 9.59 Å². The van der Waals surface area contributed by atoms with Gasteiger partial charge in [-0.25, -0.2) is 4.79 Å². The van der Waals surface area contributed by atoms with Crippen molar-refractivity contribution >= 4 is 17.8 Å². The number of nitrogens with zero attached hydrogens (tertiary/aromatic N) is 2. The summed E-state index contributed by atoms with van der Waals surface area (Å²) in [6.07, 6.45) is 1.74. The Bertz CT molecular complexity index is 937. The van der Waals surface area contributed by atoms with Crippen molar-refractivity contribution < 1.29 is 19.1 Å². The molecule has 0 spiro atoms.